The van der Waals surface area contributed by atoms with Gasteiger partial charge in [0.25, 0.3) is 5.56 Å². The lowest BCUT2D eigenvalue weighted by Gasteiger charge is -2.26. The summed E-state index contributed by atoms with van der Waals surface area (Å²) in [7, 11) is 1.60. The van der Waals surface area contributed by atoms with Gasteiger partial charge in [0.1, 0.15) is 11.5 Å². The normalized spacial score (nSPS) is 10.7. The quantitative estimate of drug-likeness (QED) is 0.438. The molecule has 0 saturated carbocycles. The number of nitrogens with zero attached hydrogens (tertiary/aromatic N) is 1. The smallest absolute Gasteiger partial charge is 0.253 e. The lowest BCUT2D eigenvalue weighted by molar-refractivity contribution is 0.265. The van der Waals surface area contributed by atoms with E-state index in [1.807, 2.05) is 60.4 Å². The fraction of sp³-hybridized carbons (Fsp3) is 0.304. The zero-order chi connectivity index (χ0) is 22.2. The second-order valence-electron chi connectivity index (χ2n) is 6.93. The number of H-pyrrole nitrogens is 1. The van der Waals surface area contributed by atoms with E-state index in [4.69, 9.17) is 21.7 Å². The van der Waals surface area contributed by atoms with E-state index in [0.29, 0.717) is 42.5 Å². The van der Waals surface area contributed by atoms with E-state index in [2.05, 4.69) is 10.3 Å². The molecule has 164 valence electrons. The SMILES string of the molecule is CCOc1ccc2[nH]c(=O)c(CN(CCCO)C(=S)Nc3ccccc3OC)cc2c1. The van der Waals surface area contributed by atoms with Gasteiger partial charge < -0.3 is 29.8 Å². The Bertz CT molecular complexity index is 1100. The molecule has 0 radical (unpaired) electrons. The van der Waals surface area contributed by atoms with Gasteiger partial charge in [-0.25, -0.2) is 0 Å². The molecule has 2 aromatic carbocycles. The predicted molar refractivity (Wildman–Crippen MR) is 127 cm³/mol. The minimum Gasteiger partial charge on any atom is -0.495 e. The van der Waals surface area contributed by atoms with Gasteiger partial charge in [-0.1, -0.05) is 12.1 Å². The number of thiocarbonyl (C=S) groups is 1. The van der Waals surface area contributed by atoms with E-state index >= 15 is 0 Å². The zero-order valence-electron chi connectivity index (χ0n) is 17.7. The number of fused-ring (bicyclic) bond motifs is 1. The number of hydrogen-bond donors (Lipinski definition) is 3. The van der Waals surface area contributed by atoms with Crippen molar-refractivity contribution in [2.75, 3.05) is 32.2 Å². The summed E-state index contributed by atoms with van der Waals surface area (Å²) in [6.07, 6.45) is 0.522. The minimum absolute atomic E-state index is 0.0273. The first-order valence-corrected chi connectivity index (χ1v) is 10.5. The third kappa shape index (κ3) is 5.74. The minimum atomic E-state index is -0.175. The van der Waals surface area contributed by atoms with Crippen molar-refractivity contribution in [1.29, 1.82) is 0 Å². The van der Waals surface area contributed by atoms with Crippen LogP contribution in [0.1, 0.15) is 18.9 Å². The van der Waals surface area contributed by atoms with Gasteiger partial charge in [0.15, 0.2) is 5.11 Å². The van der Waals surface area contributed by atoms with Gasteiger partial charge in [-0.2, -0.15) is 0 Å². The van der Waals surface area contributed by atoms with Crippen molar-refractivity contribution < 1.29 is 14.6 Å². The van der Waals surface area contributed by atoms with E-state index in [1.54, 1.807) is 7.11 Å². The number of methoxy groups -OCH3 is 1. The maximum atomic E-state index is 12.7. The highest BCUT2D eigenvalue weighted by atomic mass is 32.1. The zero-order valence-corrected chi connectivity index (χ0v) is 18.5. The molecule has 0 aliphatic heterocycles. The number of ether oxygens (including phenoxy) is 2. The lowest BCUT2D eigenvalue weighted by atomic mass is 10.1. The average Bonchev–Trinajstić information content (AvgIpc) is 2.77. The number of para-hydroxylation sites is 2. The second-order valence-corrected chi connectivity index (χ2v) is 7.32. The maximum absolute atomic E-state index is 12.7. The van der Waals surface area contributed by atoms with Crippen molar-refractivity contribution in [3.8, 4) is 11.5 Å². The Morgan fingerprint density at radius 3 is 2.77 bits per heavy atom. The van der Waals surface area contributed by atoms with Gasteiger partial charge in [0.05, 0.1) is 25.9 Å². The van der Waals surface area contributed by atoms with E-state index < -0.39 is 0 Å². The summed E-state index contributed by atoms with van der Waals surface area (Å²) < 4.78 is 10.9. The first-order chi connectivity index (χ1) is 15.0. The highest BCUT2D eigenvalue weighted by Crippen LogP contribution is 2.24. The molecular formula is C23H27N3O4S. The molecule has 0 spiro atoms. The molecule has 0 atom stereocenters. The molecule has 0 aliphatic rings. The summed E-state index contributed by atoms with van der Waals surface area (Å²) in [6, 6.07) is 14.9. The first-order valence-electron chi connectivity index (χ1n) is 10.1. The molecule has 0 fully saturated rings. The van der Waals surface area contributed by atoms with Crippen LogP contribution in [0.25, 0.3) is 10.9 Å². The Morgan fingerprint density at radius 1 is 1.23 bits per heavy atom. The Kier molecular flexibility index (Phi) is 7.86. The Labute approximate surface area is 186 Å². The first kappa shape index (κ1) is 22.6. The number of rotatable bonds is 9. The fourth-order valence-corrected chi connectivity index (χ4v) is 3.53. The van der Waals surface area contributed by atoms with E-state index in [-0.39, 0.29) is 12.2 Å². The standard InChI is InChI=1S/C23H27N3O4S/c1-3-30-18-9-10-19-16(14-18)13-17(22(28)24-19)15-26(11-6-12-27)23(31)25-20-7-4-5-8-21(20)29-2/h4-5,7-10,13-14,27H,3,6,11-12,15H2,1-2H3,(H,24,28)(H,25,31). The van der Waals surface area contributed by atoms with Gasteiger partial charge in [-0.15, -0.1) is 0 Å². The van der Waals surface area contributed by atoms with Crippen molar-refractivity contribution in [2.45, 2.75) is 19.9 Å². The monoisotopic (exact) mass is 441 g/mol. The fourth-order valence-electron chi connectivity index (χ4n) is 3.27. The average molecular weight is 442 g/mol. The molecule has 0 bridgehead atoms. The van der Waals surface area contributed by atoms with Gasteiger partial charge >= 0.3 is 0 Å². The van der Waals surface area contributed by atoms with Crippen molar-refractivity contribution >= 4 is 33.9 Å². The number of aromatic nitrogens is 1. The number of anilines is 1. The Hall–Kier alpha value is -3.10. The van der Waals surface area contributed by atoms with Gasteiger partial charge in [-0.3, -0.25) is 4.79 Å². The largest absolute Gasteiger partial charge is 0.495 e. The predicted octanol–water partition coefficient (Wildman–Crippen LogP) is 3.52. The van der Waals surface area contributed by atoms with Crippen LogP contribution in [0, 0.1) is 0 Å². The van der Waals surface area contributed by atoms with Crippen LogP contribution in [-0.4, -0.2) is 47.0 Å². The summed E-state index contributed by atoms with van der Waals surface area (Å²) in [4.78, 5) is 17.5. The summed E-state index contributed by atoms with van der Waals surface area (Å²) in [5.74, 6) is 1.41. The van der Waals surface area contributed by atoms with Gasteiger partial charge in [-0.05, 0) is 62.0 Å². The molecule has 0 saturated heterocycles. The molecule has 0 amide bonds. The number of benzene rings is 2. The number of nitrogens with one attached hydrogen (secondary N) is 2. The van der Waals surface area contributed by atoms with E-state index in [9.17, 15) is 9.90 Å². The number of aromatic amines is 1. The van der Waals surface area contributed by atoms with Crippen molar-refractivity contribution in [3.05, 3.63) is 64.4 Å². The summed E-state index contributed by atoms with van der Waals surface area (Å²) in [5.41, 5.74) is 1.88. The van der Waals surface area contributed by atoms with Crippen molar-refractivity contribution in [3.63, 3.8) is 0 Å². The number of aliphatic hydroxyl groups is 1. The molecule has 3 rings (SSSR count). The molecule has 0 aliphatic carbocycles. The molecule has 1 heterocycles. The van der Waals surface area contributed by atoms with Crippen LogP contribution in [0.4, 0.5) is 5.69 Å². The number of hydrogen-bond acceptors (Lipinski definition) is 5. The Morgan fingerprint density at radius 2 is 2.03 bits per heavy atom. The van der Waals surface area contributed by atoms with Gasteiger partial charge in [0, 0.05) is 29.6 Å². The maximum Gasteiger partial charge on any atom is 0.253 e. The molecule has 8 heteroatoms. The van der Waals surface area contributed by atoms with E-state index in [1.165, 1.54) is 0 Å². The van der Waals surface area contributed by atoms with Crippen LogP contribution in [0.2, 0.25) is 0 Å². The molecule has 3 aromatic rings. The third-order valence-electron chi connectivity index (χ3n) is 4.79. The number of pyridine rings is 1. The van der Waals surface area contributed by atoms with Crippen LogP contribution in [0.3, 0.4) is 0 Å². The summed E-state index contributed by atoms with van der Waals surface area (Å²) >= 11 is 5.62. The third-order valence-corrected chi connectivity index (χ3v) is 5.15. The van der Waals surface area contributed by atoms with Crippen LogP contribution in [0.15, 0.2) is 53.3 Å². The lowest BCUT2D eigenvalue weighted by Crippen LogP contribution is -2.37. The highest BCUT2D eigenvalue weighted by Gasteiger charge is 2.15. The van der Waals surface area contributed by atoms with Gasteiger partial charge in [0.2, 0.25) is 0 Å². The van der Waals surface area contributed by atoms with Crippen LogP contribution >= 0.6 is 12.2 Å². The molecule has 7 nitrogen and oxygen atoms in total. The molecule has 31 heavy (non-hydrogen) atoms. The number of aliphatic hydroxyl groups excluding tert-OH is 1. The molecular weight excluding hydrogens is 414 g/mol. The Balaban J connectivity index is 1.87. The summed E-state index contributed by atoms with van der Waals surface area (Å²) in [6.45, 7) is 3.31. The van der Waals surface area contributed by atoms with Crippen molar-refractivity contribution in [2.24, 2.45) is 0 Å². The summed E-state index contributed by atoms with van der Waals surface area (Å²) in [5, 5.41) is 13.8. The molecule has 1 aromatic heterocycles. The second kappa shape index (κ2) is 10.8. The molecule has 0 unspecified atom stereocenters. The van der Waals surface area contributed by atoms with Crippen LogP contribution in [0.5, 0.6) is 11.5 Å². The van der Waals surface area contributed by atoms with E-state index in [0.717, 1.165) is 22.3 Å². The van der Waals surface area contributed by atoms with Crippen molar-refractivity contribution in [1.82, 2.24) is 9.88 Å². The highest BCUT2D eigenvalue weighted by molar-refractivity contribution is 7.80. The van der Waals surface area contributed by atoms with Crippen LogP contribution < -0.4 is 20.3 Å². The topological polar surface area (TPSA) is 86.8 Å². The van der Waals surface area contributed by atoms with Crippen LogP contribution in [-0.2, 0) is 6.54 Å². The molecule has 3 N–H and O–H groups in total.